The molecule has 1 aliphatic rings. The first-order chi connectivity index (χ1) is 7.33. The molecule has 1 aromatic rings. The second kappa shape index (κ2) is 4.26. The van der Waals surface area contributed by atoms with Crippen molar-refractivity contribution >= 4 is 11.6 Å². The highest BCUT2D eigenvalue weighted by molar-refractivity contribution is 5.93. The summed E-state index contributed by atoms with van der Waals surface area (Å²) < 4.78 is 0. The van der Waals surface area contributed by atoms with Crippen molar-refractivity contribution in [2.24, 2.45) is 0 Å². The third-order valence-electron chi connectivity index (χ3n) is 2.47. The summed E-state index contributed by atoms with van der Waals surface area (Å²) >= 11 is 0. The van der Waals surface area contributed by atoms with E-state index in [-0.39, 0.29) is 5.91 Å². The van der Waals surface area contributed by atoms with Gasteiger partial charge in [0, 0.05) is 36.6 Å². The van der Waals surface area contributed by atoms with Gasteiger partial charge in [-0.25, -0.2) is 0 Å². The Kier molecular flexibility index (Phi) is 2.81. The molecule has 1 aromatic heterocycles. The van der Waals surface area contributed by atoms with Crippen molar-refractivity contribution in [1.82, 2.24) is 9.88 Å². The zero-order chi connectivity index (χ0) is 10.7. The molecule has 78 valence electrons. The van der Waals surface area contributed by atoms with Crippen LogP contribution in [0.3, 0.4) is 0 Å². The lowest BCUT2D eigenvalue weighted by Gasteiger charge is -2.19. The summed E-state index contributed by atoms with van der Waals surface area (Å²) in [5, 5.41) is 0. The van der Waals surface area contributed by atoms with E-state index in [1.54, 1.807) is 12.4 Å². The third-order valence-corrected chi connectivity index (χ3v) is 2.47. The summed E-state index contributed by atoms with van der Waals surface area (Å²) in [6, 6.07) is 3.88. The van der Waals surface area contributed by atoms with Crippen molar-refractivity contribution in [3.63, 3.8) is 0 Å². The highest BCUT2D eigenvalue weighted by Gasteiger charge is 2.23. The minimum Gasteiger partial charge on any atom is -0.312 e. The average molecular weight is 202 g/mol. The number of rotatable bonds is 3. The summed E-state index contributed by atoms with van der Waals surface area (Å²) in [6.45, 7) is 2.87. The highest BCUT2D eigenvalue weighted by Crippen LogP contribution is 2.25. The molecule has 0 unspecified atom stereocenters. The number of pyridine rings is 1. The minimum absolute atomic E-state index is 0.190. The molecule has 15 heavy (non-hydrogen) atoms. The molecule has 0 atom stereocenters. The van der Waals surface area contributed by atoms with Crippen molar-refractivity contribution in [2.45, 2.75) is 19.8 Å². The van der Waals surface area contributed by atoms with Crippen LogP contribution in [0.5, 0.6) is 0 Å². The van der Waals surface area contributed by atoms with E-state index in [0.29, 0.717) is 6.42 Å². The van der Waals surface area contributed by atoms with E-state index in [1.807, 2.05) is 23.1 Å². The van der Waals surface area contributed by atoms with Crippen LogP contribution in [0.1, 0.15) is 25.3 Å². The lowest BCUT2D eigenvalue weighted by atomic mass is 10.2. The minimum atomic E-state index is 0.190. The Balaban J connectivity index is 2.26. The van der Waals surface area contributed by atoms with Crippen molar-refractivity contribution in [2.75, 3.05) is 6.54 Å². The van der Waals surface area contributed by atoms with Crippen molar-refractivity contribution < 1.29 is 4.79 Å². The monoisotopic (exact) mass is 202 g/mol. The number of amides is 1. The Labute approximate surface area is 89.4 Å². The maximum Gasteiger partial charge on any atom is 0.230 e. The van der Waals surface area contributed by atoms with Gasteiger partial charge < -0.3 is 4.90 Å². The molecule has 0 N–H and O–H groups in total. The highest BCUT2D eigenvalue weighted by atomic mass is 16.2. The predicted octanol–water partition coefficient (Wildman–Crippen LogP) is 2.06. The lowest BCUT2D eigenvalue weighted by molar-refractivity contribution is -0.126. The Hall–Kier alpha value is -1.64. The average Bonchev–Trinajstić information content (AvgIpc) is 2.63. The molecular formula is C12H14N2O. The quantitative estimate of drug-likeness (QED) is 0.751. The van der Waals surface area contributed by atoms with Gasteiger partial charge in [-0.2, -0.15) is 0 Å². The van der Waals surface area contributed by atoms with Crippen LogP contribution in [0, 0.1) is 0 Å². The zero-order valence-corrected chi connectivity index (χ0v) is 8.81. The maximum atomic E-state index is 11.6. The summed E-state index contributed by atoms with van der Waals surface area (Å²) in [4.78, 5) is 17.5. The fraction of sp³-hybridized carbons (Fsp3) is 0.333. The normalized spacial score (nSPS) is 15.7. The first-order valence-corrected chi connectivity index (χ1v) is 5.24. The first-order valence-electron chi connectivity index (χ1n) is 5.24. The number of hydrogen-bond acceptors (Lipinski definition) is 2. The molecule has 1 amide bonds. The van der Waals surface area contributed by atoms with Gasteiger partial charge in [-0.1, -0.05) is 13.0 Å². The van der Waals surface area contributed by atoms with Crippen molar-refractivity contribution in [3.8, 4) is 0 Å². The van der Waals surface area contributed by atoms with Gasteiger partial charge in [0.2, 0.25) is 5.91 Å². The molecule has 0 aromatic carbocycles. The Morgan fingerprint density at radius 3 is 3.07 bits per heavy atom. The van der Waals surface area contributed by atoms with E-state index >= 15 is 0 Å². The standard InChI is InChI=1S/C12H14N2O/c1-2-8-14-11(5-6-12(14)15)10-4-3-7-13-9-10/h3-5,7,9H,2,6,8H2,1H3. The number of aromatic nitrogens is 1. The van der Waals surface area contributed by atoms with Crippen LogP contribution in [0.15, 0.2) is 30.6 Å². The van der Waals surface area contributed by atoms with Crippen molar-refractivity contribution in [1.29, 1.82) is 0 Å². The molecule has 0 aliphatic carbocycles. The van der Waals surface area contributed by atoms with E-state index < -0.39 is 0 Å². The molecule has 0 spiro atoms. The van der Waals surface area contributed by atoms with Crippen molar-refractivity contribution in [3.05, 3.63) is 36.2 Å². The summed E-state index contributed by atoms with van der Waals surface area (Å²) in [5.74, 6) is 0.190. The van der Waals surface area contributed by atoms with Gasteiger partial charge in [0.25, 0.3) is 0 Å². The molecule has 1 aliphatic heterocycles. The second-order valence-corrected chi connectivity index (χ2v) is 3.58. The van der Waals surface area contributed by atoms with E-state index in [1.165, 1.54) is 0 Å². The number of carbonyl (C=O) groups is 1. The van der Waals surface area contributed by atoms with Crippen LogP contribution in [0.4, 0.5) is 0 Å². The topological polar surface area (TPSA) is 33.2 Å². The zero-order valence-electron chi connectivity index (χ0n) is 8.81. The molecular weight excluding hydrogens is 188 g/mol. The number of carbonyl (C=O) groups excluding carboxylic acids is 1. The van der Waals surface area contributed by atoms with Crippen LogP contribution in [-0.4, -0.2) is 22.3 Å². The van der Waals surface area contributed by atoms with Crippen LogP contribution in [0.2, 0.25) is 0 Å². The van der Waals surface area contributed by atoms with Gasteiger partial charge in [0.05, 0.1) is 0 Å². The maximum absolute atomic E-state index is 11.6. The largest absolute Gasteiger partial charge is 0.312 e. The molecule has 0 fully saturated rings. The fourth-order valence-corrected chi connectivity index (χ4v) is 1.80. The summed E-state index contributed by atoms with van der Waals surface area (Å²) in [5.41, 5.74) is 2.03. The number of hydrogen-bond donors (Lipinski definition) is 0. The SMILES string of the molecule is CCCN1C(=O)CC=C1c1cccnc1. The van der Waals surface area contributed by atoms with Gasteiger partial charge in [-0.3, -0.25) is 9.78 Å². The molecule has 0 bridgehead atoms. The first kappa shape index (κ1) is 9.90. The van der Waals surface area contributed by atoms with Gasteiger partial charge in [0.1, 0.15) is 0 Å². The van der Waals surface area contributed by atoms with Gasteiger partial charge >= 0.3 is 0 Å². The molecule has 0 radical (unpaired) electrons. The van der Waals surface area contributed by atoms with Crippen LogP contribution >= 0.6 is 0 Å². The predicted molar refractivity (Wildman–Crippen MR) is 58.8 cm³/mol. The van der Waals surface area contributed by atoms with Crippen LogP contribution < -0.4 is 0 Å². The Bertz CT molecular complexity index is 384. The Morgan fingerprint density at radius 2 is 2.40 bits per heavy atom. The smallest absolute Gasteiger partial charge is 0.230 e. The fourth-order valence-electron chi connectivity index (χ4n) is 1.80. The van der Waals surface area contributed by atoms with E-state index in [2.05, 4.69) is 11.9 Å². The van der Waals surface area contributed by atoms with E-state index in [9.17, 15) is 4.79 Å². The second-order valence-electron chi connectivity index (χ2n) is 3.58. The third kappa shape index (κ3) is 1.91. The van der Waals surface area contributed by atoms with Crippen LogP contribution in [-0.2, 0) is 4.79 Å². The summed E-state index contributed by atoms with van der Waals surface area (Å²) in [6.07, 6.45) is 7.01. The van der Waals surface area contributed by atoms with Gasteiger partial charge in [0.15, 0.2) is 0 Å². The van der Waals surface area contributed by atoms with E-state index in [4.69, 9.17) is 0 Å². The van der Waals surface area contributed by atoms with Gasteiger partial charge in [-0.05, 0) is 18.6 Å². The van der Waals surface area contributed by atoms with Gasteiger partial charge in [-0.15, -0.1) is 0 Å². The lowest BCUT2D eigenvalue weighted by Crippen LogP contribution is -2.25. The summed E-state index contributed by atoms with van der Waals surface area (Å²) in [7, 11) is 0. The Morgan fingerprint density at radius 1 is 1.53 bits per heavy atom. The molecule has 3 nitrogen and oxygen atoms in total. The number of nitrogens with zero attached hydrogens (tertiary/aromatic N) is 2. The molecule has 3 heteroatoms. The molecule has 0 saturated carbocycles. The van der Waals surface area contributed by atoms with Crippen LogP contribution in [0.25, 0.3) is 5.70 Å². The molecule has 2 rings (SSSR count). The molecule has 2 heterocycles. The van der Waals surface area contributed by atoms with E-state index in [0.717, 1.165) is 24.2 Å². The molecule has 0 saturated heterocycles.